The van der Waals surface area contributed by atoms with E-state index in [2.05, 4.69) is 10.2 Å². The molecule has 1 heterocycles. The van der Waals surface area contributed by atoms with Gasteiger partial charge >= 0.3 is 0 Å². The molecule has 0 aliphatic heterocycles. The number of hydrogen-bond acceptors (Lipinski definition) is 4. The second-order valence-electron chi connectivity index (χ2n) is 6.68. The Morgan fingerprint density at radius 1 is 0.967 bits per heavy atom. The third kappa shape index (κ3) is 4.43. The summed E-state index contributed by atoms with van der Waals surface area (Å²) in [6.45, 7) is 2.03. The van der Waals surface area contributed by atoms with E-state index >= 15 is 0 Å². The first-order valence-electron chi connectivity index (χ1n) is 9.22. The van der Waals surface area contributed by atoms with Gasteiger partial charge in [0.15, 0.2) is 16.8 Å². The maximum absolute atomic E-state index is 12.7. The van der Waals surface area contributed by atoms with E-state index in [1.165, 1.54) is 11.8 Å². The molecule has 4 aromatic rings. The molecule has 0 aliphatic carbocycles. The first kappa shape index (κ1) is 20.7. The standard InChI is InChI=1S/C23H17Cl2N3OS/c1-15-9-11-18(12-10-15)28-22(16-5-4-6-17(24)13-16)26-27-23(28)30-14-21(29)19-7-2-3-8-20(19)25/h2-13H,14H2,1H3. The lowest BCUT2D eigenvalue weighted by Gasteiger charge is -2.11. The van der Waals surface area contributed by atoms with E-state index in [0.29, 0.717) is 26.6 Å². The quantitative estimate of drug-likeness (QED) is 0.246. The largest absolute Gasteiger partial charge is 0.293 e. The molecular weight excluding hydrogens is 437 g/mol. The minimum atomic E-state index is -0.0617. The van der Waals surface area contributed by atoms with Crippen LogP contribution in [0.1, 0.15) is 15.9 Å². The van der Waals surface area contributed by atoms with E-state index in [0.717, 1.165) is 16.8 Å². The highest BCUT2D eigenvalue weighted by Crippen LogP contribution is 2.30. The predicted molar refractivity (Wildman–Crippen MR) is 123 cm³/mol. The number of Topliss-reactive ketones (excluding diaryl/α,β-unsaturated/α-hetero) is 1. The van der Waals surface area contributed by atoms with Gasteiger partial charge < -0.3 is 0 Å². The Morgan fingerprint density at radius 3 is 2.47 bits per heavy atom. The second kappa shape index (κ2) is 9.04. The van der Waals surface area contributed by atoms with Crippen molar-refractivity contribution in [3.05, 3.63) is 94.0 Å². The number of thioether (sulfide) groups is 1. The monoisotopic (exact) mass is 453 g/mol. The van der Waals surface area contributed by atoms with E-state index in [4.69, 9.17) is 23.2 Å². The zero-order chi connectivity index (χ0) is 21.1. The molecule has 0 aliphatic rings. The molecule has 0 unspecified atom stereocenters. The third-order valence-corrected chi connectivity index (χ3v) is 6.01. The molecule has 0 saturated heterocycles. The molecule has 0 amide bonds. The molecule has 3 aromatic carbocycles. The van der Waals surface area contributed by atoms with Gasteiger partial charge in [0, 0.05) is 21.8 Å². The van der Waals surface area contributed by atoms with E-state index in [1.807, 2.05) is 60.0 Å². The summed E-state index contributed by atoms with van der Waals surface area (Å²) < 4.78 is 1.94. The van der Waals surface area contributed by atoms with Crippen LogP contribution in [0.25, 0.3) is 17.1 Å². The van der Waals surface area contributed by atoms with E-state index in [-0.39, 0.29) is 11.5 Å². The molecule has 0 N–H and O–H groups in total. The summed E-state index contributed by atoms with van der Waals surface area (Å²) in [5, 5.41) is 10.4. The minimum absolute atomic E-state index is 0.0617. The van der Waals surface area contributed by atoms with Crippen LogP contribution in [0.5, 0.6) is 0 Å². The van der Waals surface area contributed by atoms with Crippen molar-refractivity contribution < 1.29 is 4.79 Å². The molecule has 30 heavy (non-hydrogen) atoms. The van der Waals surface area contributed by atoms with E-state index in [1.54, 1.807) is 24.3 Å². The van der Waals surface area contributed by atoms with Crippen LogP contribution < -0.4 is 0 Å². The summed E-state index contributed by atoms with van der Waals surface area (Å²) in [4.78, 5) is 12.7. The highest BCUT2D eigenvalue weighted by molar-refractivity contribution is 7.99. The fourth-order valence-electron chi connectivity index (χ4n) is 3.00. The fraction of sp³-hybridized carbons (Fsp3) is 0.0870. The van der Waals surface area contributed by atoms with Gasteiger partial charge in [-0.05, 0) is 43.3 Å². The maximum atomic E-state index is 12.7. The van der Waals surface area contributed by atoms with Gasteiger partial charge in [-0.25, -0.2) is 0 Å². The Labute approximate surface area is 188 Å². The van der Waals surface area contributed by atoms with Crippen LogP contribution in [0.4, 0.5) is 0 Å². The average Bonchev–Trinajstić information content (AvgIpc) is 3.17. The second-order valence-corrected chi connectivity index (χ2v) is 8.47. The Morgan fingerprint density at radius 2 is 1.73 bits per heavy atom. The number of carbonyl (C=O) groups is 1. The number of benzene rings is 3. The van der Waals surface area contributed by atoms with Gasteiger partial charge in [-0.15, -0.1) is 10.2 Å². The first-order chi connectivity index (χ1) is 14.5. The Balaban J connectivity index is 1.70. The number of halogens is 2. The van der Waals surface area contributed by atoms with Crippen molar-refractivity contribution in [1.29, 1.82) is 0 Å². The van der Waals surface area contributed by atoms with Crippen LogP contribution in [0.3, 0.4) is 0 Å². The number of ketones is 1. The molecule has 0 spiro atoms. The van der Waals surface area contributed by atoms with Crippen molar-refractivity contribution in [2.75, 3.05) is 5.75 Å². The van der Waals surface area contributed by atoms with Crippen molar-refractivity contribution in [2.24, 2.45) is 0 Å². The Bertz CT molecular complexity index is 1210. The first-order valence-corrected chi connectivity index (χ1v) is 11.0. The minimum Gasteiger partial charge on any atom is -0.293 e. The van der Waals surface area contributed by atoms with Crippen LogP contribution in [-0.2, 0) is 0 Å². The van der Waals surface area contributed by atoms with E-state index in [9.17, 15) is 4.79 Å². The van der Waals surface area contributed by atoms with Gasteiger partial charge in [0.1, 0.15) is 0 Å². The predicted octanol–water partition coefficient (Wildman–Crippen LogP) is 6.52. The van der Waals surface area contributed by atoms with Gasteiger partial charge in [-0.3, -0.25) is 9.36 Å². The van der Waals surface area contributed by atoms with Crippen molar-refractivity contribution in [3.8, 4) is 17.1 Å². The molecule has 0 fully saturated rings. The molecule has 7 heteroatoms. The summed E-state index contributed by atoms with van der Waals surface area (Å²) in [5.74, 6) is 0.797. The van der Waals surface area contributed by atoms with Gasteiger partial charge in [0.05, 0.1) is 10.8 Å². The van der Waals surface area contributed by atoms with Gasteiger partial charge in [-0.1, -0.05) is 76.9 Å². The lowest BCUT2D eigenvalue weighted by Crippen LogP contribution is -2.05. The molecule has 0 bridgehead atoms. The highest BCUT2D eigenvalue weighted by atomic mass is 35.5. The van der Waals surface area contributed by atoms with Gasteiger partial charge in [-0.2, -0.15) is 0 Å². The number of hydrogen-bond donors (Lipinski definition) is 0. The number of nitrogens with zero attached hydrogens (tertiary/aromatic N) is 3. The van der Waals surface area contributed by atoms with E-state index < -0.39 is 0 Å². The van der Waals surface area contributed by atoms with Crippen LogP contribution >= 0.6 is 35.0 Å². The van der Waals surface area contributed by atoms with Gasteiger partial charge in [0.2, 0.25) is 0 Å². The third-order valence-electron chi connectivity index (χ3n) is 4.51. The van der Waals surface area contributed by atoms with Crippen molar-refractivity contribution >= 4 is 40.7 Å². The molecular formula is C23H17Cl2N3OS. The highest BCUT2D eigenvalue weighted by Gasteiger charge is 2.18. The maximum Gasteiger partial charge on any atom is 0.196 e. The van der Waals surface area contributed by atoms with Crippen molar-refractivity contribution in [1.82, 2.24) is 14.8 Å². The summed E-state index contributed by atoms with van der Waals surface area (Å²) in [6.07, 6.45) is 0. The van der Waals surface area contributed by atoms with Crippen LogP contribution in [-0.4, -0.2) is 26.3 Å². The summed E-state index contributed by atoms with van der Waals surface area (Å²) in [7, 11) is 0. The molecule has 0 atom stereocenters. The van der Waals surface area contributed by atoms with Gasteiger partial charge in [0.25, 0.3) is 0 Å². The van der Waals surface area contributed by atoms with Crippen LogP contribution in [0.15, 0.2) is 78.0 Å². The lowest BCUT2D eigenvalue weighted by molar-refractivity contribution is 0.102. The topological polar surface area (TPSA) is 47.8 Å². The number of aromatic nitrogens is 3. The summed E-state index contributed by atoms with van der Waals surface area (Å²) >= 11 is 13.7. The molecule has 1 aromatic heterocycles. The average molecular weight is 454 g/mol. The smallest absolute Gasteiger partial charge is 0.196 e. The number of carbonyl (C=O) groups excluding carboxylic acids is 1. The van der Waals surface area contributed by atoms with Crippen LogP contribution in [0, 0.1) is 6.92 Å². The SMILES string of the molecule is Cc1ccc(-n2c(SCC(=O)c3ccccc3Cl)nnc2-c2cccc(Cl)c2)cc1. The normalized spacial score (nSPS) is 10.9. The fourth-order valence-corrected chi connectivity index (χ4v) is 4.27. The number of rotatable bonds is 6. The summed E-state index contributed by atoms with van der Waals surface area (Å²) in [5.41, 5.74) is 3.41. The zero-order valence-corrected chi connectivity index (χ0v) is 18.4. The molecule has 0 saturated carbocycles. The molecule has 150 valence electrons. The molecule has 0 radical (unpaired) electrons. The molecule has 4 nitrogen and oxygen atoms in total. The van der Waals surface area contributed by atoms with Crippen LogP contribution in [0.2, 0.25) is 10.0 Å². The Kier molecular flexibility index (Phi) is 6.23. The number of aryl methyl sites for hydroxylation is 1. The van der Waals surface area contributed by atoms with Crippen molar-refractivity contribution in [3.63, 3.8) is 0 Å². The molecule has 4 rings (SSSR count). The van der Waals surface area contributed by atoms with Crippen molar-refractivity contribution in [2.45, 2.75) is 12.1 Å². The summed E-state index contributed by atoms with van der Waals surface area (Å²) in [6, 6.07) is 22.6. The lowest BCUT2D eigenvalue weighted by atomic mass is 10.1. The Hall–Kier alpha value is -2.60. The zero-order valence-electron chi connectivity index (χ0n) is 16.0.